The smallest absolute Gasteiger partial charge is 0.148 e. The van der Waals surface area contributed by atoms with Gasteiger partial charge in [-0.25, -0.2) is 0 Å². The van der Waals surface area contributed by atoms with Gasteiger partial charge in [-0.05, 0) is 54.9 Å². The predicted molar refractivity (Wildman–Crippen MR) is 86.0 cm³/mol. The van der Waals surface area contributed by atoms with Gasteiger partial charge in [-0.2, -0.15) is 0 Å². The molecular weight excluding hydrogens is 318 g/mol. The first kappa shape index (κ1) is 15.5. The predicted octanol–water partition coefficient (Wildman–Crippen LogP) is 4.66. The molecule has 0 bridgehead atoms. The van der Waals surface area contributed by atoms with E-state index >= 15 is 0 Å². The van der Waals surface area contributed by atoms with E-state index in [-0.39, 0.29) is 12.1 Å². The molecule has 1 atom stereocenters. The topological polar surface area (TPSA) is 34.4 Å². The van der Waals surface area contributed by atoms with Crippen molar-refractivity contribution in [1.29, 1.82) is 0 Å². The summed E-state index contributed by atoms with van der Waals surface area (Å²) in [5, 5.41) is 4.60. The lowest BCUT2D eigenvalue weighted by molar-refractivity contribution is 0.0571. The molecule has 1 aromatic carbocycles. The molecule has 0 amide bonds. The van der Waals surface area contributed by atoms with Gasteiger partial charge in [0.15, 0.2) is 0 Å². The number of hydrogen-bond acceptors (Lipinski definition) is 3. The van der Waals surface area contributed by atoms with Crippen molar-refractivity contribution in [1.82, 2.24) is 5.32 Å². The molecule has 0 saturated heterocycles. The minimum absolute atomic E-state index is 0.0941. The number of furan rings is 1. The summed E-state index contributed by atoms with van der Waals surface area (Å²) < 4.78 is 12.7. The monoisotopic (exact) mass is 339 g/mol. The van der Waals surface area contributed by atoms with E-state index in [1.165, 1.54) is 0 Å². The summed E-state index contributed by atoms with van der Waals surface area (Å²) in [5.41, 5.74) is 0.898. The van der Waals surface area contributed by atoms with Crippen LogP contribution in [0.25, 0.3) is 11.0 Å². The molecule has 0 aliphatic rings. The van der Waals surface area contributed by atoms with Gasteiger partial charge in [0.1, 0.15) is 11.3 Å². The second-order valence-electron chi connectivity index (χ2n) is 5.20. The Morgan fingerprint density at radius 2 is 2.15 bits per heavy atom. The van der Waals surface area contributed by atoms with Crippen LogP contribution < -0.4 is 5.32 Å². The first-order chi connectivity index (χ1) is 9.61. The summed E-state index contributed by atoms with van der Waals surface area (Å²) in [6, 6.07) is 8.26. The molecule has 0 fully saturated rings. The minimum Gasteiger partial charge on any atom is -0.458 e. The number of halogens is 1. The van der Waals surface area contributed by atoms with Crippen LogP contribution >= 0.6 is 15.9 Å². The van der Waals surface area contributed by atoms with Crippen molar-refractivity contribution in [2.45, 2.75) is 39.3 Å². The molecule has 0 radical (unpaired) electrons. The van der Waals surface area contributed by atoms with Gasteiger partial charge in [-0.15, -0.1) is 0 Å². The summed E-state index contributed by atoms with van der Waals surface area (Å²) in [6.45, 7) is 7.82. The van der Waals surface area contributed by atoms with Crippen LogP contribution in [0.2, 0.25) is 0 Å². The molecule has 0 aliphatic heterocycles. The van der Waals surface area contributed by atoms with Crippen LogP contribution in [0.4, 0.5) is 0 Å². The van der Waals surface area contributed by atoms with E-state index in [2.05, 4.69) is 40.3 Å². The largest absolute Gasteiger partial charge is 0.458 e. The van der Waals surface area contributed by atoms with Gasteiger partial charge >= 0.3 is 0 Å². The number of para-hydroxylation sites is 1. The van der Waals surface area contributed by atoms with Gasteiger partial charge in [0.05, 0.1) is 23.2 Å². The van der Waals surface area contributed by atoms with Crippen molar-refractivity contribution >= 4 is 26.9 Å². The summed E-state index contributed by atoms with van der Waals surface area (Å²) in [6.07, 6.45) is 1.30. The molecule has 2 aromatic rings. The van der Waals surface area contributed by atoms with E-state index in [9.17, 15) is 0 Å². The second-order valence-corrected chi connectivity index (χ2v) is 6.05. The van der Waals surface area contributed by atoms with Crippen LogP contribution in [-0.4, -0.2) is 19.3 Å². The zero-order valence-electron chi connectivity index (χ0n) is 12.3. The van der Waals surface area contributed by atoms with Gasteiger partial charge in [-0.3, -0.25) is 0 Å². The van der Waals surface area contributed by atoms with Gasteiger partial charge in [0.25, 0.3) is 0 Å². The number of nitrogens with one attached hydrogen (secondary N) is 1. The number of hydrogen-bond donors (Lipinski definition) is 1. The highest BCUT2D eigenvalue weighted by Gasteiger charge is 2.17. The fourth-order valence-corrected chi connectivity index (χ4v) is 2.53. The molecule has 0 aliphatic carbocycles. The van der Waals surface area contributed by atoms with Crippen LogP contribution in [0.5, 0.6) is 0 Å². The zero-order valence-corrected chi connectivity index (χ0v) is 13.9. The van der Waals surface area contributed by atoms with Crippen LogP contribution in [0.1, 0.15) is 39.0 Å². The SMILES string of the molecule is CCCNC(COC(C)C)c1cc2cccc(Br)c2o1. The Balaban J connectivity index is 2.22. The highest BCUT2D eigenvalue weighted by molar-refractivity contribution is 9.10. The first-order valence-electron chi connectivity index (χ1n) is 7.14. The van der Waals surface area contributed by atoms with Gasteiger partial charge in [0.2, 0.25) is 0 Å². The molecule has 1 aromatic heterocycles. The normalized spacial score (nSPS) is 13.2. The highest BCUT2D eigenvalue weighted by Crippen LogP contribution is 2.29. The Bertz CT molecular complexity index is 550. The van der Waals surface area contributed by atoms with Gasteiger partial charge in [0, 0.05) is 5.39 Å². The third-order valence-corrected chi connectivity index (χ3v) is 3.72. The molecule has 3 nitrogen and oxygen atoms in total. The number of benzene rings is 1. The summed E-state index contributed by atoms with van der Waals surface area (Å²) in [4.78, 5) is 0. The Hall–Kier alpha value is -0.840. The lowest BCUT2D eigenvalue weighted by Crippen LogP contribution is -2.27. The van der Waals surface area contributed by atoms with Gasteiger partial charge < -0.3 is 14.5 Å². The number of fused-ring (bicyclic) bond motifs is 1. The van der Waals surface area contributed by atoms with E-state index in [1.807, 2.05) is 26.0 Å². The standard InChI is InChI=1S/C16H22BrNO2/c1-4-8-18-14(10-19-11(2)3)15-9-12-6-5-7-13(17)16(12)20-15/h5-7,9,11,14,18H,4,8,10H2,1-3H3. The van der Waals surface area contributed by atoms with Crippen LogP contribution in [0.15, 0.2) is 33.2 Å². The zero-order chi connectivity index (χ0) is 14.5. The molecular formula is C16H22BrNO2. The van der Waals surface area contributed by atoms with E-state index in [0.29, 0.717) is 6.61 Å². The Labute approximate surface area is 128 Å². The lowest BCUT2D eigenvalue weighted by Gasteiger charge is -2.18. The molecule has 1 unspecified atom stereocenters. The molecule has 1 heterocycles. The summed E-state index contributed by atoms with van der Waals surface area (Å²) >= 11 is 3.53. The van der Waals surface area contributed by atoms with Gasteiger partial charge in [-0.1, -0.05) is 19.1 Å². The van der Waals surface area contributed by atoms with Crippen molar-refractivity contribution in [2.24, 2.45) is 0 Å². The van der Waals surface area contributed by atoms with E-state index in [1.54, 1.807) is 0 Å². The average molecular weight is 340 g/mol. The van der Waals surface area contributed by atoms with E-state index in [4.69, 9.17) is 9.15 Å². The van der Waals surface area contributed by atoms with Crippen LogP contribution in [0.3, 0.4) is 0 Å². The Morgan fingerprint density at radius 1 is 1.35 bits per heavy atom. The minimum atomic E-state index is 0.0941. The first-order valence-corrected chi connectivity index (χ1v) is 7.94. The number of rotatable bonds is 7. The molecule has 0 saturated carbocycles. The van der Waals surface area contributed by atoms with Crippen molar-refractivity contribution in [2.75, 3.05) is 13.2 Å². The highest BCUT2D eigenvalue weighted by atomic mass is 79.9. The quantitative estimate of drug-likeness (QED) is 0.796. The second kappa shape index (κ2) is 7.25. The molecule has 0 spiro atoms. The third kappa shape index (κ3) is 3.84. The summed E-state index contributed by atoms with van der Waals surface area (Å²) in [7, 11) is 0. The maximum Gasteiger partial charge on any atom is 0.148 e. The van der Waals surface area contributed by atoms with E-state index < -0.39 is 0 Å². The van der Waals surface area contributed by atoms with Crippen LogP contribution in [-0.2, 0) is 4.74 Å². The van der Waals surface area contributed by atoms with Crippen molar-refractivity contribution < 1.29 is 9.15 Å². The fraction of sp³-hybridized carbons (Fsp3) is 0.500. The van der Waals surface area contributed by atoms with Crippen LogP contribution in [0, 0.1) is 0 Å². The maximum atomic E-state index is 6.00. The van der Waals surface area contributed by atoms with E-state index in [0.717, 1.165) is 34.2 Å². The number of ether oxygens (including phenoxy) is 1. The molecule has 1 N–H and O–H groups in total. The Kier molecular flexibility index (Phi) is 5.64. The van der Waals surface area contributed by atoms with Crippen molar-refractivity contribution in [3.63, 3.8) is 0 Å². The third-order valence-electron chi connectivity index (χ3n) is 3.10. The molecule has 20 heavy (non-hydrogen) atoms. The summed E-state index contributed by atoms with van der Waals surface area (Å²) in [5.74, 6) is 0.931. The van der Waals surface area contributed by atoms with Crippen molar-refractivity contribution in [3.05, 3.63) is 34.5 Å². The lowest BCUT2D eigenvalue weighted by atomic mass is 10.2. The molecule has 110 valence electrons. The fourth-order valence-electron chi connectivity index (χ4n) is 2.07. The average Bonchev–Trinajstić information content (AvgIpc) is 2.84. The van der Waals surface area contributed by atoms with Crippen molar-refractivity contribution in [3.8, 4) is 0 Å². The molecule has 4 heteroatoms. The molecule has 2 rings (SSSR count). The Morgan fingerprint density at radius 3 is 2.80 bits per heavy atom. The maximum absolute atomic E-state index is 6.00.